The highest BCUT2D eigenvalue weighted by Crippen LogP contribution is 2.29. The molecule has 0 saturated carbocycles. The van der Waals surface area contributed by atoms with Crippen LogP contribution >= 0.6 is 15.9 Å². The Kier molecular flexibility index (Phi) is 4.82. The monoisotopic (exact) mass is 405 g/mol. The van der Waals surface area contributed by atoms with E-state index in [4.69, 9.17) is 0 Å². The SMILES string of the molecule is O=C(C1CCN(c2cccc(Br)c2)C1=O)N1CCN2CCCCC2C1. The van der Waals surface area contributed by atoms with Gasteiger partial charge in [-0.3, -0.25) is 14.5 Å². The lowest BCUT2D eigenvalue weighted by Gasteiger charge is -2.44. The average Bonchev–Trinajstić information content (AvgIpc) is 3.02. The van der Waals surface area contributed by atoms with E-state index in [2.05, 4.69) is 20.8 Å². The maximum atomic E-state index is 13.0. The fourth-order valence-electron chi connectivity index (χ4n) is 4.39. The molecular weight excluding hydrogens is 382 g/mol. The quantitative estimate of drug-likeness (QED) is 0.709. The van der Waals surface area contributed by atoms with Crippen LogP contribution in [0.2, 0.25) is 0 Å². The molecule has 5 nitrogen and oxygen atoms in total. The molecule has 0 bridgehead atoms. The van der Waals surface area contributed by atoms with E-state index in [9.17, 15) is 9.59 Å². The summed E-state index contributed by atoms with van der Waals surface area (Å²) in [5.41, 5.74) is 0.867. The lowest BCUT2D eigenvalue weighted by molar-refractivity contribution is -0.142. The van der Waals surface area contributed by atoms with Crippen LogP contribution in [0, 0.1) is 5.92 Å². The molecule has 2 atom stereocenters. The van der Waals surface area contributed by atoms with Gasteiger partial charge in [0.25, 0.3) is 0 Å². The number of piperidine rings is 1. The van der Waals surface area contributed by atoms with Crippen LogP contribution in [0.5, 0.6) is 0 Å². The first-order valence-electron chi connectivity index (χ1n) is 9.23. The summed E-state index contributed by atoms with van der Waals surface area (Å²) < 4.78 is 0.945. The summed E-state index contributed by atoms with van der Waals surface area (Å²) in [5, 5.41) is 0. The molecule has 3 aliphatic heterocycles. The van der Waals surface area contributed by atoms with Crippen LogP contribution in [-0.4, -0.2) is 60.4 Å². The summed E-state index contributed by atoms with van der Waals surface area (Å²) in [7, 11) is 0. The van der Waals surface area contributed by atoms with Gasteiger partial charge in [-0.25, -0.2) is 0 Å². The van der Waals surface area contributed by atoms with Gasteiger partial charge in [-0.2, -0.15) is 0 Å². The van der Waals surface area contributed by atoms with E-state index in [1.54, 1.807) is 4.90 Å². The van der Waals surface area contributed by atoms with Crippen molar-refractivity contribution in [2.24, 2.45) is 5.92 Å². The van der Waals surface area contributed by atoms with Gasteiger partial charge in [-0.05, 0) is 44.0 Å². The minimum atomic E-state index is -0.505. The first kappa shape index (κ1) is 17.0. The van der Waals surface area contributed by atoms with Crippen molar-refractivity contribution >= 4 is 33.4 Å². The lowest BCUT2D eigenvalue weighted by Crippen LogP contribution is -2.57. The number of amides is 2. The first-order valence-corrected chi connectivity index (χ1v) is 10.0. The summed E-state index contributed by atoms with van der Waals surface area (Å²) in [6, 6.07) is 8.21. The lowest BCUT2D eigenvalue weighted by atomic mass is 9.98. The molecule has 25 heavy (non-hydrogen) atoms. The summed E-state index contributed by atoms with van der Waals surface area (Å²) >= 11 is 3.45. The van der Waals surface area contributed by atoms with Crippen molar-refractivity contribution in [1.29, 1.82) is 0 Å². The molecule has 0 N–H and O–H groups in total. The van der Waals surface area contributed by atoms with Crippen molar-refractivity contribution in [3.05, 3.63) is 28.7 Å². The number of hydrogen-bond donors (Lipinski definition) is 0. The van der Waals surface area contributed by atoms with Crippen molar-refractivity contribution in [2.75, 3.05) is 37.6 Å². The van der Waals surface area contributed by atoms with Gasteiger partial charge in [0.1, 0.15) is 5.92 Å². The Labute approximate surface area is 157 Å². The molecule has 4 rings (SSSR count). The Morgan fingerprint density at radius 3 is 2.80 bits per heavy atom. The second-order valence-electron chi connectivity index (χ2n) is 7.28. The normalized spacial score (nSPS) is 27.5. The van der Waals surface area contributed by atoms with Gasteiger partial charge >= 0.3 is 0 Å². The maximum Gasteiger partial charge on any atom is 0.239 e. The molecule has 1 aromatic carbocycles. The number of anilines is 1. The molecule has 3 saturated heterocycles. The Bertz CT molecular complexity index is 680. The van der Waals surface area contributed by atoms with Crippen molar-refractivity contribution in [3.63, 3.8) is 0 Å². The third-order valence-corrected chi connectivity index (χ3v) is 6.27. The van der Waals surface area contributed by atoms with Gasteiger partial charge in [0.2, 0.25) is 11.8 Å². The number of hydrogen-bond acceptors (Lipinski definition) is 3. The van der Waals surface area contributed by atoms with Crippen molar-refractivity contribution in [3.8, 4) is 0 Å². The molecular formula is C19H24BrN3O2. The van der Waals surface area contributed by atoms with Gasteiger partial charge in [0.15, 0.2) is 0 Å². The molecule has 3 fully saturated rings. The fourth-order valence-corrected chi connectivity index (χ4v) is 4.77. The van der Waals surface area contributed by atoms with Crippen LogP contribution < -0.4 is 4.90 Å². The van der Waals surface area contributed by atoms with E-state index in [0.29, 0.717) is 19.0 Å². The molecule has 2 amide bonds. The zero-order chi connectivity index (χ0) is 17.4. The molecule has 134 valence electrons. The minimum absolute atomic E-state index is 0.0349. The highest BCUT2D eigenvalue weighted by atomic mass is 79.9. The number of carbonyl (C=O) groups is 2. The van der Waals surface area contributed by atoms with Crippen LogP contribution in [0.25, 0.3) is 0 Å². The van der Waals surface area contributed by atoms with Gasteiger partial charge < -0.3 is 9.80 Å². The molecule has 1 aromatic rings. The standard InChI is InChI=1S/C19H24BrN3O2/c20-14-4-3-6-15(12-14)23-9-7-17(19(23)25)18(24)22-11-10-21-8-2-1-5-16(21)13-22/h3-4,6,12,16-17H,1-2,5,7-11,13H2. The van der Waals surface area contributed by atoms with Gasteiger partial charge in [0.05, 0.1) is 0 Å². The van der Waals surface area contributed by atoms with E-state index in [0.717, 1.165) is 36.3 Å². The van der Waals surface area contributed by atoms with E-state index in [-0.39, 0.29) is 11.8 Å². The molecule has 0 spiro atoms. The third kappa shape index (κ3) is 3.34. The number of halogens is 1. The van der Waals surface area contributed by atoms with Crippen LogP contribution in [0.3, 0.4) is 0 Å². The fraction of sp³-hybridized carbons (Fsp3) is 0.579. The zero-order valence-electron chi connectivity index (χ0n) is 14.4. The van der Waals surface area contributed by atoms with E-state index in [1.165, 1.54) is 19.3 Å². The summed E-state index contributed by atoms with van der Waals surface area (Å²) in [6.45, 7) is 4.28. The summed E-state index contributed by atoms with van der Waals surface area (Å²) in [4.78, 5) is 32.0. The van der Waals surface area contributed by atoms with Crippen LogP contribution in [0.15, 0.2) is 28.7 Å². The maximum absolute atomic E-state index is 13.0. The van der Waals surface area contributed by atoms with Crippen molar-refractivity contribution in [1.82, 2.24) is 9.80 Å². The van der Waals surface area contributed by atoms with Crippen LogP contribution in [0.4, 0.5) is 5.69 Å². The molecule has 6 heteroatoms. The number of nitrogens with zero attached hydrogens (tertiary/aromatic N) is 3. The number of benzene rings is 1. The van der Waals surface area contributed by atoms with Crippen molar-refractivity contribution < 1.29 is 9.59 Å². The second kappa shape index (κ2) is 7.08. The Morgan fingerprint density at radius 2 is 1.96 bits per heavy atom. The van der Waals surface area contributed by atoms with E-state index in [1.807, 2.05) is 29.2 Å². The second-order valence-corrected chi connectivity index (χ2v) is 8.20. The van der Waals surface area contributed by atoms with Gasteiger partial charge in [0, 0.05) is 42.4 Å². The summed E-state index contributed by atoms with van der Waals surface area (Å²) in [6.07, 6.45) is 4.32. The molecule has 3 heterocycles. The topological polar surface area (TPSA) is 43.9 Å². The Morgan fingerprint density at radius 1 is 1.08 bits per heavy atom. The molecule has 0 aliphatic carbocycles. The Balaban J connectivity index is 1.43. The molecule has 2 unspecified atom stereocenters. The highest BCUT2D eigenvalue weighted by molar-refractivity contribution is 9.10. The van der Waals surface area contributed by atoms with Gasteiger partial charge in [-0.15, -0.1) is 0 Å². The van der Waals surface area contributed by atoms with Gasteiger partial charge in [-0.1, -0.05) is 28.4 Å². The van der Waals surface area contributed by atoms with Crippen LogP contribution in [-0.2, 0) is 9.59 Å². The largest absolute Gasteiger partial charge is 0.339 e. The molecule has 3 aliphatic rings. The molecule has 0 aromatic heterocycles. The Hall–Kier alpha value is -1.40. The average molecular weight is 406 g/mol. The van der Waals surface area contributed by atoms with E-state index >= 15 is 0 Å². The van der Waals surface area contributed by atoms with Crippen molar-refractivity contribution in [2.45, 2.75) is 31.7 Å². The molecule has 0 radical (unpaired) electrons. The number of fused-ring (bicyclic) bond motifs is 1. The van der Waals surface area contributed by atoms with E-state index < -0.39 is 5.92 Å². The number of carbonyl (C=O) groups excluding carboxylic acids is 2. The predicted octanol–water partition coefficient (Wildman–Crippen LogP) is 2.50. The number of rotatable bonds is 2. The third-order valence-electron chi connectivity index (χ3n) is 5.77. The first-order chi connectivity index (χ1) is 12.1. The predicted molar refractivity (Wildman–Crippen MR) is 100 cm³/mol. The zero-order valence-corrected chi connectivity index (χ0v) is 16.0. The number of piperazine rings is 1. The smallest absolute Gasteiger partial charge is 0.239 e. The summed E-state index contributed by atoms with van der Waals surface area (Å²) in [5.74, 6) is -0.518. The van der Waals surface area contributed by atoms with Crippen LogP contribution in [0.1, 0.15) is 25.7 Å². The minimum Gasteiger partial charge on any atom is -0.339 e. The highest BCUT2D eigenvalue weighted by Gasteiger charge is 2.41.